The number of nitrogens with one attached hydrogen (secondary N) is 2. The molecule has 5 nitrogen and oxygen atoms in total. The average molecular weight is 292 g/mol. The minimum Gasteiger partial charge on any atom is -0.396 e. The predicted octanol–water partition coefficient (Wildman–Crippen LogP) is 2.74. The summed E-state index contributed by atoms with van der Waals surface area (Å²) >= 11 is 0. The number of hydrogen-bond acceptors (Lipinski definition) is 5. The molecule has 1 aromatic rings. The summed E-state index contributed by atoms with van der Waals surface area (Å²) in [5.74, 6) is 3.63. The number of aliphatic hydroxyl groups is 1. The molecule has 1 heterocycles. The van der Waals surface area contributed by atoms with Gasteiger partial charge in [0.05, 0.1) is 0 Å². The molecule has 5 heteroatoms. The summed E-state index contributed by atoms with van der Waals surface area (Å²) in [6.07, 6.45) is 4.64. The third kappa shape index (κ3) is 4.06. The molecular formula is C16H28N4O. The summed E-state index contributed by atoms with van der Waals surface area (Å²) in [5, 5.41) is 16.2. The first-order chi connectivity index (χ1) is 10.2. The van der Waals surface area contributed by atoms with Crippen molar-refractivity contribution in [1.82, 2.24) is 9.97 Å². The Labute approximate surface area is 127 Å². The number of aryl methyl sites for hydroxylation is 1. The zero-order valence-corrected chi connectivity index (χ0v) is 13.4. The highest BCUT2D eigenvalue weighted by atomic mass is 16.3. The minimum absolute atomic E-state index is 0.303. The molecule has 1 aromatic heterocycles. The van der Waals surface area contributed by atoms with Crippen LogP contribution in [-0.2, 0) is 0 Å². The van der Waals surface area contributed by atoms with Gasteiger partial charge in [-0.2, -0.15) is 0 Å². The van der Waals surface area contributed by atoms with Crippen LogP contribution in [0.5, 0.6) is 0 Å². The van der Waals surface area contributed by atoms with Gasteiger partial charge in [0.1, 0.15) is 17.5 Å². The molecule has 2 atom stereocenters. The van der Waals surface area contributed by atoms with Gasteiger partial charge in [-0.25, -0.2) is 9.97 Å². The molecule has 3 N–H and O–H groups in total. The lowest BCUT2D eigenvalue weighted by Crippen LogP contribution is -2.22. The lowest BCUT2D eigenvalue weighted by Gasteiger charge is -2.20. The van der Waals surface area contributed by atoms with Crippen LogP contribution in [0.3, 0.4) is 0 Å². The number of hydrogen-bond donors (Lipinski definition) is 3. The first-order valence-electron chi connectivity index (χ1n) is 8.09. The normalized spacial score (nSPS) is 21.5. The second-order valence-electron chi connectivity index (χ2n) is 6.03. The van der Waals surface area contributed by atoms with E-state index >= 15 is 0 Å². The minimum atomic E-state index is 0.303. The van der Waals surface area contributed by atoms with Gasteiger partial charge < -0.3 is 15.7 Å². The van der Waals surface area contributed by atoms with Gasteiger partial charge in [0.25, 0.3) is 0 Å². The van der Waals surface area contributed by atoms with E-state index in [0.29, 0.717) is 18.4 Å². The Morgan fingerprint density at radius 3 is 2.43 bits per heavy atom. The third-order valence-corrected chi connectivity index (χ3v) is 4.38. The number of nitrogens with zero attached hydrogens (tertiary/aromatic N) is 2. The SMILES string of the molecule is CCCNc1nc(C)nc(NCC2CCCC2CO)c1C. The summed E-state index contributed by atoms with van der Waals surface area (Å²) in [5.41, 5.74) is 1.08. The topological polar surface area (TPSA) is 70.1 Å². The van der Waals surface area contributed by atoms with Gasteiger partial charge in [0, 0.05) is 25.3 Å². The van der Waals surface area contributed by atoms with E-state index in [0.717, 1.165) is 49.0 Å². The first kappa shape index (κ1) is 16.0. The Morgan fingerprint density at radius 1 is 1.10 bits per heavy atom. The number of anilines is 2. The van der Waals surface area contributed by atoms with E-state index < -0.39 is 0 Å². The van der Waals surface area contributed by atoms with E-state index in [1.165, 1.54) is 12.8 Å². The maximum absolute atomic E-state index is 9.41. The molecule has 0 amide bonds. The zero-order chi connectivity index (χ0) is 15.2. The highest BCUT2D eigenvalue weighted by Gasteiger charge is 2.26. The van der Waals surface area contributed by atoms with Crippen molar-refractivity contribution in [3.63, 3.8) is 0 Å². The lowest BCUT2D eigenvalue weighted by atomic mass is 9.97. The molecule has 1 aliphatic rings. The largest absolute Gasteiger partial charge is 0.396 e. The van der Waals surface area contributed by atoms with E-state index in [-0.39, 0.29) is 0 Å². The van der Waals surface area contributed by atoms with Gasteiger partial charge in [-0.15, -0.1) is 0 Å². The van der Waals surface area contributed by atoms with E-state index in [4.69, 9.17) is 0 Å². The van der Waals surface area contributed by atoms with Crippen LogP contribution in [0, 0.1) is 25.7 Å². The van der Waals surface area contributed by atoms with Gasteiger partial charge in [-0.3, -0.25) is 0 Å². The molecule has 0 bridgehead atoms. The molecule has 118 valence electrons. The standard InChI is InChI=1S/C16H28N4O/c1-4-8-17-15-11(2)16(20-12(3)19-15)18-9-13-6-5-7-14(13)10-21/h13-14,21H,4-10H2,1-3H3,(H2,17,18,19,20). The van der Waals surface area contributed by atoms with Gasteiger partial charge in [-0.1, -0.05) is 13.3 Å². The maximum Gasteiger partial charge on any atom is 0.134 e. The zero-order valence-electron chi connectivity index (χ0n) is 13.4. The summed E-state index contributed by atoms with van der Waals surface area (Å²) in [6, 6.07) is 0. The van der Waals surface area contributed by atoms with Crippen molar-refractivity contribution in [2.24, 2.45) is 11.8 Å². The summed E-state index contributed by atoms with van der Waals surface area (Å²) in [4.78, 5) is 9.01. The molecule has 2 rings (SSSR count). The van der Waals surface area contributed by atoms with Crippen LogP contribution in [0.15, 0.2) is 0 Å². The average Bonchev–Trinajstić information content (AvgIpc) is 2.93. The lowest BCUT2D eigenvalue weighted by molar-refractivity contribution is 0.199. The number of rotatable bonds is 7. The molecule has 1 fully saturated rings. The van der Waals surface area contributed by atoms with Gasteiger partial charge in [0.2, 0.25) is 0 Å². The van der Waals surface area contributed by atoms with Crippen LogP contribution in [0.25, 0.3) is 0 Å². The molecule has 0 radical (unpaired) electrons. The van der Waals surface area contributed by atoms with Gasteiger partial charge >= 0.3 is 0 Å². The number of aromatic nitrogens is 2. The molecule has 21 heavy (non-hydrogen) atoms. The van der Waals surface area contributed by atoms with E-state index in [9.17, 15) is 5.11 Å². The van der Waals surface area contributed by atoms with Crippen LogP contribution in [0.2, 0.25) is 0 Å². The van der Waals surface area contributed by atoms with Crippen molar-refractivity contribution in [2.45, 2.75) is 46.5 Å². The smallest absolute Gasteiger partial charge is 0.134 e. The number of aliphatic hydroxyl groups excluding tert-OH is 1. The van der Waals surface area contributed by atoms with Gasteiger partial charge in [-0.05, 0) is 44.9 Å². The van der Waals surface area contributed by atoms with E-state index in [1.807, 2.05) is 6.92 Å². The molecule has 1 aliphatic carbocycles. The second-order valence-corrected chi connectivity index (χ2v) is 6.03. The van der Waals surface area contributed by atoms with Crippen molar-refractivity contribution in [2.75, 3.05) is 30.3 Å². The maximum atomic E-state index is 9.41. The Balaban J connectivity index is 2.03. The fraction of sp³-hybridized carbons (Fsp3) is 0.750. The summed E-state index contributed by atoms with van der Waals surface area (Å²) < 4.78 is 0. The molecular weight excluding hydrogens is 264 g/mol. The van der Waals surface area contributed by atoms with Crippen LogP contribution in [0.4, 0.5) is 11.6 Å². The fourth-order valence-corrected chi connectivity index (χ4v) is 3.07. The molecule has 2 unspecified atom stereocenters. The van der Waals surface area contributed by atoms with Crippen LogP contribution < -0.4 is 10.6 Å². The molecule has 1 saturated carbocycles. The highest BCUT2D eigenvalue weighted by molar-refractivity contribution is 5.57. The van der Waals surface area contributed by atoms with Gasteiger partial charge in [0.15, 0.2) is 0 Å². The third-order valence-electron chi connectivity index (χ3n) is 4.38. The molecule has 0 aliphatic heterocycles. The Morgan fingerprint density at radius 2 is 1.76 bits per heavy atom. The predicted molar refractivity (Wildman–Crippen MR) is 86.7 cm³/mol. The first-order valence-corrected chi connectivity index (χ1v) is 8.09. The molecule has 0 aromatic carbocycles. The quantitative estimate of drug-likeness (QED) is 0.721. The summed E-state index contributed by atoms with van der Waals surface area (Å²) in [6.45, 7) is 8.23. The van der Waals surface area contributed by atoms with Crippen molar-refractivity contribution < 1.29 is 5.11 Å². The monoisotopic (exact) mass is 292 g/mol. The highest BCUT2D eigenvalue weighted by Crippen LogP contribution is 2.31. The molecule has 0 spiro atoms. The van der Waals surface area contributed by atoms with E-state index in [2.05, 4.69) is 34.4 Å². The van der Waals surface area contributed by atoms with Crippen LogP contribution >= 0.6 is 0 Å². The van der Waals surface area contributed by atoms with Crippen molar-refractivity contribution in [3.8, 4) is 0 Å². The second kappa shape index (κ2) is 7.59. The Bertz CT molecular complexity index is 464. The summed E-state index contributed by atoms with van der Waals surface area (Å²) in [7, 11) is 0. The van der Waals surface area contributed by atoms with Crippen LogP contribution in [-0.4, -0.2) is 34.8 Å². The fourth-order valence-electron chi connectivity index (χ4n) is 3.07. The van der Waals surface area contributed by atoms with E-state index in [1.54, 1.807) is 0 Å². The van der Waals surface area contributed by atoms with Crippen molar-refractivity contribution in [3.05, 3.63) is 11.4 Å². The molecule has 0 saturated heterocycles. The Hall–Kier alpha value is -1.36. The van der Waals surface area contributed by atoms with Crippen molar-refractivity contribution in [1.29, 1.82) is 0 Å². The Kier molecular flexibility index (Phi) is 5.79. The van der Waals surface area contributed by atoms with Crippen LogP contribution in [0.1, 0.15) is 44.0 Å². The van der Waals surface area contributed by atoms with Crippen molar-refractivity contribution >= 4 is 11.6 Å².